The molecule has 1 amide bonds. The van der Waals surface area contributed by atoms with Crippen molar-refractivity contribution in [2.24, 2.45) is 0 Å². The van der Waals surface area contributed by atoms with Gasteiger partial charge in [-0.1, -0.05) is 32.9 Å². The molecule has 150 valence electrons. The third-order valence-corrected chi connectivity index (χ3v) is 4.75. The van der Waals surface area contributed by atoms with E-state index in [0.29, 0.717) is 11.5 Å². The molecular weight excluding hydrogens is 354 g/mol. The molecule has 7 nitrogen and oxygen atoms in total. The van der Waals surface area contributed by atoms with Crippen molar-refractivity contribution in [1.82, 2.24) is 14.9 Å². The largest absolute Gasteiger partial charge is 0.379 e. The first-order chi connectivity index (χ1) is 13.4. The van der Waals surface area contributed by atoms with E-state index in [1.165, 1.54) is 11.9 Å². The summed E-state index contributed by atoms with van der Waals surface area (Å²) in [5.74, 6) is 0.402. The second-order valence-electron chi connectivity index (χ2n) is 7.95. The second-order valence-corrected chi connectivity index (χ2v) is 7.95. The third kappa shape index (κ3) is 5.74. The molecular formula is C21H29N5O2. The van der Waals surface area contributed by atoms with Gasteiger partial charge >= 0.3 is 0 Å². The Morgan fingerprint density at radius 2 is 1.86 bits per heavy atom. The fourth-order valence-electron chi connectivity index (χ4n) is 2.99. The highest BCUT2D eigenvalue weighted by Gasteiger charge is 2.14. The number of amides is 1. The van der Waals surface area contributed by atoms with Gasteiger partial charge in [-0.3, -0.25) is 9.69 Å². The summed E-state index contributed by atoms with van der Waals surface area (Å²) in [7, 11) is 0. The topological polar surface area (TPSA) is 79.4 Å². The zero-order valence-electron chi connectivity index (χ0n) is 16.9. The summed E-state index contributed by atoms with van der Waals surface area (Å²) in [5, 5.41) is 6.15. The van der Waals surface area contributed by atoms with Crippen LogP contribution in [0.15, 0.2) is 36.7 Å². The Morgan fingerprint density at radius 1 is 1.14 bits per heavy atom. The number of aromatic nitrogens is 2. The van der Waals surface area contributed by atoms with Gasteiger partial charge in [0.1, 0.15) is 17.8 Å². The van der Waals surface area contributed by atoms with E-state index in [1.54, 1.807) is 6.07 Å². The lowest BCUT2D eigenvalue weighted by atomic mass is 9.87. The van der Waals surface area contributed by atoms with Crippen LogP contribution in [0.25, 0.3) is 0 Å². The molecule has 2 aromatic rings. The molecule has 1 aromatic carbocycles. The maximum atomic E-state index is 12.5. The number of nitrogens with one attached hydrogen (secondary N) is 2. The van der Waals surface area contributed by atoms with E-state index in [-0.39, 0.29) is 11.3 Å². The van der Waals surface area contributed by atoms with Gasteiger partial charge in [-0.25, -0.2) is 9.97 Å². The van der Waals surface area contributed by atoms with Crippen molar-refractivity contribution >= 4 is 17.4 Å². The molecule has 0 unspecified atom stereocenters. The van der Waals surface area contributed by atoms with Crippen LogP contribution in [0.3, 0.4) is 0 Å². The molecule has 3 rings (SSSR count). The van der Waals surface area contributed by atoms with Gasteiger partial charge in [0.2, 0.25) is 0 Å². The van der Waals surface area contributed by atoms with Crippen molar-refractivity contribution in [3.05, 3.63) is 47.9 Å². The number of morpholine rings is 1. The van der Waals surface area contributed by atoms with Crippen LogP contribution in [-0.4, -0.2) is 60.2 Å². The van der Waals surface area contributed by atoms with Gasteiger partial charge in [-0.2, -0.15) is 0 Å². The zero-order chi connectivity index (χ0) is 20.0. The zero-order valence-corrected chi connectivity index (χ0v) is 16.9. The summed E-state index contributed by atoms with van der Waals surface area (Å²) in [6.45, 7) is 11.6. The molecule has 0 radical (unpaired) electrons. The monoisotopic (exact) mass is 383 g/mol. The van der Waals surface area contributed by atoms with Crippen LogP contribution in [0.5, 0.6) is 0 Å². The number of rotatable bonds is 6. The highest BCUT2D eigenvalue weighted by molar-refractivity contribution is 6.03. The molecule has 1 aliphatic heterocycles. The van der Waals surface area contributed by atoms with Crippen LogP contribution in [0.2, 0.25) is 0 Å². The maximum absolute atomic E-state index is 12.5. The highest BCUT2D eigenvalue weighted by Crippen LogP contribution is 2.23. The number of ether oxygens (including phenoxy) is 1. The molecule has 1 aromatic heterocycles. The maximum Gasteiger partial charge on any atom is 0.274 e. The number of nitrogens with zero attached hydrogens (tertiary/aromatic N) is 3. The van der Waals surface area contributed by atoms with E-state index in [4.69, 9.17) is 4.74 Å². The van der Waals surface area contributed by atoms with Gasteiger partial charge < -0.3 is 15.4 Å². The molecule has 0 spiro atoms. The predicted octanol–water partition coefficient (Wildman–Crippen LogP) is 2.77. The minimum atomic E-state index is -0.248. The van der Waals surface area contributed by atoms with Crippen molar-refractivity contribution in [1.29, 1.82) is 0 Å². The standard InChI is InChI=1S/C21H29N5O2/c1-21(2,3)16-4-6-17(7-5-16)25-20(27)18-14-19(24-15-23-18)22-8-9-26-10-12-28-13-11-26/h4-7,14-15H,8-13H2,1-3H3,(H,25,27)(H,22,23,24). The van der Waals surface area contributed by atoms with E-state index < -0.39 is 0 Å². The van der Waals surface area contributed by atoms with E-state index in [2.05, 4.69) is 46.3 Å². The smallest absolute Gasteiger partial charge is 0.274 e. The summed E-state index contributed by atoms with van der Waals surface area (Å²) >= 11 is 0. The number of benzene rings is 1. The summed E-state index contributed by atoms with van der Waals surface area (Å²) in [6, 6.07) is 9.59. The minimum Gasteiger partial charge on any atom is -0.379 e. The van der Waals surface area contributed by atoms with E-state index in [9.17, 15) is 4.79 Å². The predicted molar refractivity (Wildman–Crippen MR) is 111 cm³/mol. The van der Waals surface area contributed by atoms with Gasteiger partial charge in [-0.05, 0) is 23.1 Å². The Kier molecular flexibility index (Phi) is 6.59. The SMILES string of the molecule is CC(C)(C)c1ccc(NC(=O)c2cc(NCCN3CCOCC3)ncn2)cc1. The first-order valence-corrected chi connectivity index (χ1v) is 9.70. The van der Waals surface area contributed by atoms with Crippen LogP contribution in [0.4, 0.5) is 11.5 Å². The number of carbonyl (C=O) groups excluding carboxylic acids is 1. The van der Waals surface area contributed by atoms with Crippen LogP contribution in [0, 0.1) is 0 Å². The lowest BCUT2D eigenvalue weighted by molar-refractivity contribution is 0.0398. The molecule has 28 heavy (non-hydrogen) atoms. The van der Waals surface area contributed by atoms with Crippen molar-refractivity contribution in [3.8, 4) is 0 Å². The molecule has 1 fully saturated rings. The Labute approximate surface area is 166 Å². The fraction of sp³-hybridized carbons (Fsp3) is 0.476. The molecule has 7 heteroatoms. The van der Waals surface area contributed by atoms with Crippen LogP contribution < -0.4 is 10.6 Å². The molecule has 2 N–H and O–H groups in total. The van der Waals surface area contributed by atoms with Crippen LogP contribution in [0.1, 0.15) is 36.8 Å². The Balaban J connectivity index is 1.54. The average Bonchev–Trinajstić information content (AvgIpc) is 2.69. The van der Waals surface area contributed by atoms with Gasteiger partial charge in [0.25, 0.3) is 5.91 Å². The summed E-state index contributed by atoms with van der Waals surface area (Å²) in [4.78, 5) is 23.2. The number of anilines is 2. The molecule has 1 aliphatic rings. The Morgan fingerprint density at radius 3 is 2.54 bits per heavy atom. The van der Waals surface area contributed by atoms with E-state index >= 15 is 0 Å². The highest BCUT2D eigenvalue weighted by atomic mass is 16.5. The van der Waals surface area contributed by atoms with Crippen molar-refractivity contribution in [2.75, 3.05) is 50.0 Å². The molecule has 1 saturated heterocycles. The van der Waals surface area contributed by atoms with Crippen LogP contribution in [-0.2, 0) is 10.2 Å². The number of hydrogen-bond donors (Lipinski definition) is 2. The van der Waals surface area contributed by atoms with Gasteiger partial charge in [0.15, 0.2) is 0 Å². The summed E-state index contributed by atoms with van der Waals surface area (Å²) in [6.07, 6.45) is 1.41. The van der Waals surface area contributed by atoms with Crippen molar-refractivity contribution < 1.29 is 9.53 Å². The first-order valence-electron chi connectivity index (χ1n) is 9.70. The second kappa shape index (κ2) is 9.12. The van der Waals surface area contributed by atoms with Crippen molar-refractivity contribution in [3.63, 3.8) is 0 Å². The minimum absolute atomic E-state index is 0.0803. The van der Waals surface area contributed by atoms with E-state index in [0.717, 1.165) is 45.1 Å². The Hall–Kier alpha value is -2.51. The van der Waals surface area contributed by atoms with Gasteiger partial charge in [0, 0.05) is 37.9 Å². The summed E-state index contributed by atoms with van der Waals surface area (Å²) < 4.78 is 5.35. The first kappa shape index (κ1) is 20.2. The molecule has 0 saturated carbocycles. The molecule has 0 bridgehead atoms. The Bertz CT molecular complexity index is 780. The number of hydrogen-bond acceptors (Lipinski definition) is 6. The fourth-order valence-corrected chi connectivity index (χ4v) is 2.99. The average molecular weight is 383 g/mol. The summed E-state index contributed by atoms with van der Waals surface area (Å²) in [5.41, 5.74) is 2.39. The lowest BCUT2D eigenvalue weighted by Crippen LogP contribution is -2.39. The normalized spacial score (nSPS) is 15.2. The third-order valence-electron chi connectivity index (χ3n) is 4.75. The number of carbonyl (C=O) groups is 1. The van der Waals surface area contributed by atoms with Crippen molar-refractivity contribution in [2.45, 2.75) is 26.2 Å². The van der Waals surface area contributed by atoms with Gasteiger partial charge in [-0.15, -0.1) is 0 Å². The van der Waals surface area contributed by atoms with E-state index in [1.807, 2.05) is 24.3 Å². The quantitative estimate of drug-likeness (QED) is 0.799. The lowest BCUT2D eigenvalue weighted by Gasteiger charge is -2.26. The molecule has 2 heterocycles. The molecule has 0 aliphatic carbocycles. The van der Waals surface area contributed by atoms with Gasteiger partial charge in [0.05, 0.1) is 13.2 Å². The molecule has 0 atom stereocenters. The van der Waals surface area contributed by atoms with Crippen LogP contribution >= 0.6 is 0 Å².